The van der Waals surface area contributed by atoms with Crippen LogP contribution in [0, 0.1) is 0 Å². The molecule has 0 amide bonds. The standard InChI is InChI=1S/C9H10N4S/c1-2-14-9-11-8(12-13-9)7-4-3-5-10-6-7/h3-6H,2H2,1H3,(H,11,12,13). The number of hydrogen-bond acceptors (Lipinski definition) is 4. The van der Waals surface area contributed by atoms with Gasteiger partial charge in [-0.3, -0.25) is 10.1 Å². The quantitative estimate of drug-likeness (QED) is 0.780. The normalized spacial score (nSPS) is 10.4. The van der Waals surface area contributed by atoms with Crippen LogP contribution in [0.4, 0.5) is 0 Å². The van der Waals surface area contributed by atoms with Crippen molar-refractivity contribution in [3.63, 3.8) is 0 Å². The van der Waals surface area contributed by atoms with Crippen molar-refractivity contribution >= 4 is 11.8 Å². The molecule has 0 aliphatic rings. The first-order chi connectivity index (χ1) is 6.90. The largest absolute Gasteiger partial charge is 0.264 e. The van der Waals surface area contributed by atoms with Gasteiger partial charge in [0.1, 0.15) is 0 Å². The van der Waals surface area contributed by atoms with Crippen LogP contribution in [0.1, 0.15) is 6.92 Å². The molecule has 1 N–H and O–H groups in total. The van der Waals surface area contributed by atoms with Crippen LogP contribution in [-0.4, -0.2) is 25.9 Å². The van der Waals surface area contributed by atoms with Crippen LogP contribution in [0.3, 0.4) is 0 Å². The van der Waals surface area contributed by atoms with Gasteiger partial charge in [0.15, 0.2) is 5.82 Å². The van der Waals surface area contributed by atoms with Crippen LogP contribution in [0.5, 0.6) is 0 Å². The molecule has 0 unspecified atom stereocenters. The van der Waals surface area contributed by atoms with Gasteiger partial charge in [-0.15, -0.1) is 5.10 Å². The van der Waals surface area contributed by atoms with Gasteiger partial charge < -0.3 is 0 Å². The molecule has 72 valence electrons. The molecule has 2 rings (SSSR count). The lowest BCUT2D eigenvalue weighted by Gasteiger charge is -1.91. The first-order valence-corrected chi connectivity index (χ1v) is 5.34. The van der Waals surface area contributed by atoms with Crippen LogP contribution >= 0.6 is 11.8 Å². The molecule has 0 fully saturated rings. The lowest BCUT2D eigenvalue weighted by molar-refractivity contribution is 0.974. The van der Waals surface area contributed by atoms with E-state index in [0.717, 1.165) is 22.3 Å². The lowest BCUT2D eigenvalue weighted by Crippen LogP contribution is -1.81. The number of H-pyrrole nitrogens is 1. The first-order valence-electron chi connectivity index (χ1n) is 4.35. The highest BCUT2D eigenvalue weighted by Gasteiger charge is 2.04. The summed E-state index contributed by atoms with van der Waals surface area (Å²) in [4.78, 5) is 8.35. The molecule has 0 saturated heterocycles. The zero-order chi connectivity index (χ0) is 9.80. The molecule has 4 nitrogen and oxygen atoms in total. The van der Waals surface area contributed by atoms with Crippen molar-refractivity contribution in [2.24, 2.45) is 0 Å². The minimum Gasteiger partial charge on any atom is -0.264 e. The molecule has 14 heavy (non-hydrogen) atoms. The van der Waals surface area contributed by atoms with Crippen molar-refractivity contribution < 1.29 is 0 Å². The predicted molar refractivity (Wildman–Crippen MR) is 56.0 cm³/mol. The topological polar surface area (TPSA) is 54.5 Å². The summed E-state index contributed by atoms with van der Waals surface area (Å²) < 4.78 is 0. The molecule has 0 aromatic carbocycles. The zero-order valence-electron chi connectivity index (χ0n) is 7.77. The average Bonchev–Trinajstić information content (AvgIpc) is 2.68. The van der Waals surface area contributed by atoms with Gasteiger partial charge in [-0.2, -0.15) is 0 Å². The van der Waals surface area contributed by atoms with E-state index in [-0.39, 0.29) is 0 Å². The van der Waals surface area contributed by atoms with Crippen molar-refractivity contribution in [3.8, 4) is 11.4 Å². The number of hydrogen-bond donors (Lipinski definition) is 1. The summed E-state index contributed by atoms with van der Waals surface area (Å²) in [5.41, 5.74) is 0.961. The van der Waals surface area contributed by atoms with E-state index in [4.69, 9.17) is 0 Å². The Bertz CT molecular complexity index is 398. The van der Waals surface area contributed by atoms with Crippen LogP contribution in [-0.2, 0) is 0 Å². The maximum atomic E-state index is 4.33. The third kappa shape index (κ3) is 1.93. The molecule has 0 aliphatic heterocycles. The molecule has 0 radical (unpaired) electrons. The van der Waals surface area contributed by atoms with Crippen molar-refractivity contribution in [1.29, 1.82) is 0 Å². The van der Waals surface area contributed by atoms with Gasteiger partial charge in [-0.25, -0.2) is 4.98 Å². The van der Waals surface area contributed by atoms with Crippen LogP contribution in [0.15, 0.2) is 29.7 Å². The Hall–Kier alpha value is -1.36. The summed E-state index contributed by atoms with van der Waals surface area (Å²) in [5.74, 6) is 1.75. The van der Waals surface area contributed by atoms with Crippen molar-refractivity contribution in [1.82, 2.24) is 20.2 Å². The highest BCUT2D eigenvalue weighted by atomic mass is 32.2. The predicted octanol–water partition coefficient (Wildman–Crippen LogP) is 1.98. The van der Waals surface area contributed by atoms with Gasteiger partial charge in [-0.1, -0.05) is 18.7 Å². The fourth-order valence-corrected chi connectivity index (χ4v) is 1.60. The van der Waals surface area contributed by atoms with E-state index in [2.05, 4.69) is 27.1 Å². The third-order valence-electron chi connectivity index (χ3n) is 1.67. The fourth-order valence-electron chi connectivity index (χ4n) is 1.07. The molecule has 0 bridgehead atoms. The Morgan fingerprint density at radius 2 is 2.43 bits per heavy atom. The number of nitrogens with one attached hydrogen (secondary N) is 1. The van der Waals surface area contributed by atoms with E-state index in [1.165, 1.54) is 0 Å². The summed E-state index contributed by atoms with van der Waals surface area (Å²) >= 11 is 1.62. The molecule has 0 atom stereocenters. The summed E-state index contributed by atoms with van der Waals surface area (Å²) in [6, 6.07) is 3.83. The highest BCUT2D eigenvalue weighted by Crippen LogP contribution is 2.17. The Labute approximate surface area is 86.2 Å². The van der Waals surface area contributed by atoms with Gasteiger partial charge in [0, 0.05) is 18.0 Å². The number of aromatic amines is 1. The van der Waals surface area contributed by atoms with E-state index in [1.54, 1.807) is 24.2 Å². The summed E-state index contributed by atoms with van der Waals surface area (Å²) in [7, 11) is 0. The van der Waals surface area contributed by atoms with Gasteiger partial charge in [0.2, 0.25) is 5.16 Å². The highest BCUT2D eigenvalue weighted by molar-refractivity contribution is 7.99. The van der Waals surface area contributed by atoms with Gasteiger partial charge in [0.25, 0.3) is 0 Å². The van der Waals surface area contributed by atoms with Crippen molar-refractivity contribution in [2.75, 3.05) is 5.75 Å². The Balaban J connectivity index is 2.25. The molecule has 0 saturated carbocycles. The molecular formula is C9H10N4S. The third-order valence-corrected chi connectivity index (χ3v) is 2.40. The van der Waals surface area contributed by atoms with Gasteiger partial charge in [-0.05, 0) is 17.9 Å². The second-order valence-electron chi connectivity index (χ2n) is 2.64. The maximum absolute atomic E-state index is 4.33. The molecule has 2 heterocycles. The lowest BCUT2D eigenvalue weighted by atomic mass is 10.3. The number of pyridine rings is 1. The number of nitrogens with zero attached hydrogens (tertiary/aromatic N) is 3. The van der Waals surface area contributed by atoms with Crippen LogP contribution in [0.25, 0.3) is 11.4 Å². The van der Waals surface area contributed by atoms with Crippen molar-refractivity contribution in [3.05, 3.63) is 24.5 Å². The van der Waals surface area contributed by atoms with Crippen LogP contribution in [0.2, 0.25) is 0 Å². The molecule has 2 aromatic rings. The fraction of sp³-hybridized carbons (Fsp3) is 0.222. The number of thioether (sulfide) groups is 1. The second-order valence-corrected chi connectivity index (χ2v) is 3.87. The Morgan fingerprint density at radius 1 is 1.50 bits per heavy atom. The van der Waals surface area contributed by atoms with Crippen molar-refractivity contribution in [2.45, 2.75) is 12.1 Å². The maximum Gasteiger partial charge on any atom is 0.208 e. The van der Waals surface area contributed by atoms with Crippen LogP contribution < -0.4 is 0 Å². The van der Waals surface area contributed by atoms with E-state index in [1.807, 2.05) is 12.1 Å². The van der Waals surface area contributed by atoms with E-state index in [0.29, 0.717) is 0 Å². The minimum absolute atomic E-state index is 0.772. The van der Waals surface area contributed by atoms with E-state index < -0.39 is 0 Å². The zero-order valence-corrected chi connectivity index (χ0v) is 8.58. The summed E-state index contributed by atoms with van der Waals surface area (Å²) in [5, 5.41) is 7.75. The Morgan fingerprint density at radius 3 is 3.14 bits per heavy atom. The SMILES string of the molecule is CCSc1n[nH]c(-c2cccnc2)n1. The second kappa shape index (κ2) is 4.23. The molecular weight excluding hydrogens is 196 g/mol. The average molecular weight is 206 g/mol. The molecule has 5 heteroatoms. The minimum atomic E-state index is 0.772. The monoisotopic (exact) mass is 206 g/mol. The number of rotatable bonds is 3. The smallest absolute Gasteiger partial charge is 0.208 e. The molecule has 0 spiro atoms. The summed E-state index contributed by atoms with van der Waals surface area (Å²) in [6.45, 7) is 2.07. The van der Waals surface area contributed by atoms with Gasteiger partial charge >= 0.3 is 0 Å². The number of aromatic nitrogens is 4. The van der Waals surface area contributed by atoms with E-state index in [9.17, 15) is 0 Å². The first kappa shape index (κ1) is 9.21. The molecule has 0 aliphatic carbocycles. The summed E-state index contributed by atoms with van der Waals surface area (Å²) in [6.07, 6.45) is 3.50. The Kier molecular flexibility index (Phi) is 2.78. The van der Waals surface area contributed by atoms with Gasteiger partial charge in [0.05, 0.1) is 0 Å². The molecule has 2 aromatic heterocycles. The van der Waals surface area contributed by atoms with E-state index >= 15 is 0 Å².